The van der Waals surface area contributed by atoms with E-state index in [9.17, 15) is 18.0 Å². The predicted molar refractivity (Wildman–Crippen MR) is 95.1 cm³/mol. The summed E-state index contributed by atoms with van der Waals surface area (Å²) >= 11 is 0.862. The smallest absolute Gasteiger partial charge is 0.450 e. The summed E-state index contributed by atoms with van der Waals surface area (Å²) in [6.07, 6.45) is -0.761. The number of allylic oxidation sites excluding steroid dienone is 3. The molecule has 1 amide bonds. The van der Waals surface area contributed by atoms with Crippen molar-refractivity contribution in [3.63, 3.8) is 0 Å². The van der Waals surface area contributed by atoms with Gasteiger partial charge in [0.2, 0.25) is 5.76 Å². The third-order valence-electron chi connectivity index (χ3n) is 3.59. The van der Waals surface area contributed by atoms with Crippen molar-refractivity contribution in [1.29, 1.82) is 0 Å². The highest BCUT2D eigenvalue weighted by atomic mass is 32.2. The molecular formula is C18H20F3NO2S. The molecule has 0 atom stereocenters. The minimum Gasteiger partial charge on any atom is -0.487 e. The van der Waals surface area contributed by atoms with E-state index in [0.29, 0.717) is 11.4 Å². The fraction of sp³-hybridized carbons (Fsp3) is 0.389. The molecular weight excluding hydrogens is 351 g/mol. The average Bonchev–Trinajstić information content (AvgIpc) is 2.59. The molecule has 25 heavy (non-hydrogen) atoms. The van der Waals surface area contributed by atoms with E-state index in [1.54, 1.807) is 12.1 Å². The normalized spacial score (nSPS) is 15.8. The van der Waals surface area contributed by atoms with Crippen molar-refractivity contribution in [2.75, 3.05) is 17.7 Å². The number of rotatable bonds is 5. The van der Waals surface area contributed by atoms with Crippen LogP contribution in [0.2, 0.25) is 0 Å². The van der Waals surface area contributed by atoms with Crippen LogP contribution in [0, 0.1) is 0 Å². The van der Waals surface area contributed by atoms with Gasteiger partial charge in [-0.25, -0.2) is 0 Å². The van der Waals surface area contributed by atoms with Crippen molar-refractivity contribution in [3.8, 4) is 0 Å². The van der Waals surface area contributed by atoms with Gasteiger partial charge in [0.25, 0.3) is 5.91 Å². The maximum atomic E-state index is 13.1. The van der Waals surface area contributed by atoms with Crippen molar-refractivity contribution < 1.29 is 22.7 Å². The maximum absolute atomic E-state index is 13.1. The molecule has 1 N–H and O–H groups in total. The zero-order chi connectivity index (χ0) is 18.4. The molecule has 3 nitrogen and oxygen atoms in total. The zero-order valence-corrected chi connectivity index (χ0v) is 14.9. The number of nitrogens with one attached hydrogen (secondary N) is 1. The number of ether oxygens (including phenoxy) is 1. The van der Waals surface area contributed by atoms with E-state index >= 15 is 0 Å². The van der Waals surface area contributed by atoms with Gasteiger partial charge in [0.05, 0.1) is 6.61 Å². The van der Waals surface area contributed by atoms with Crippen molar-refractivity contribution in [1.82, 2.24) is 0 Å². The van der Waals surface area contributed by atoms with Crippen LogP contribution in [-0.4, -0.2) is 24.4 Å². The minimum atomic E-state index is -4.68. The van der Waals surface area contributed by atoms with Gasteiger partial charge in [-0.15, -0.1) is 11.8 Å². The van der Waals surface area contributed by atoms with Crippen molar-refractivity contribution in [3.05, 3.63) is 46.6 Å². The number of carbonyl (C=O) groups excluding carboxylic acids is 1. The fourth-order valence-corrected chi connectivity index (χ4v) is 3.24. The molecule has 136 valence electrons. The second-order valence-corrected chi connectivity index (χ2v) is 6.63. The monoisotopic (exact) mass is 371 g/mol. The number of alkyl halides is 3. The molecule has 2 rings (SSSR count). The van der Waals surface area contributed by atoms with Crippen LogP contribution in [0.1, 0.15) is 32.3 Å². The first-order chi connectivity index (χ1) is 11.8. The van der Waals surface area contributed by atoms with E-state index < -0.39 is 22.7 Å². The first-order valence-electron chi connectivity index (χ1n) is 7.99. The number of anilines is 1. The Balaban J connectivity index is 2.31. The highest BCUT2D eigenvalue weighted by Gasteiger charge is 2.42. The van der Waals surface area contributed by atoms with Gasteiger partial charge in [-0.05, 0) is 25.0 Å². The van der Waals surface area contributed by atoms with Crippen LogP contribution in [0.3, 0.4) is 0 Å². The minimum absolute atomic E-state index is 0.0637. The molecule has 0 bridgehead atoms. The third-order valence-corrected chi connectivity index (χ3v) is 4.62. The highest BCUT2D eigenvalue weighted by Crippen LogP contribution is 2.37. The van der Waals surface area contributed by atoms with E-state index in [4.69, 9.17) is 4.74 Å². The number of carbonyl (C=O) groups is 1. The van der Waals surface area contributed by atoms with Crippen LogP contribution < -0.4 is 5.32 Å². The molecule has 0 unspecified atom stereocenters. The standard InChI is InChI=1S/C18H20F3NO2S/c1-3-4-7-12(2)13-8-5-6-9-14(13)22-17(23)15-16(18(19,20)21)24-10-11-25-15/h5-9H,3-4,10-11H2,1-2H3,(H,22,23). The number of unbranched alkanes of at least 4 members (excludes halogenated alkanes) is 1. The van der Waals surface area contributed by atoms with Gasteiger partial charge in [0.1, 0.15) is 4.91 Å². The van der Waals surface area contributed by atoms with Gasteiger partial charge >= 0.3 is 6.18 Å². The molecule has 7 heteroatoms. The van der Waals surface area contributed by atoms with Crippen LogP contribution >= 0.6 is 11.8 Å². The Labute approximate surface area is 149 Å². The third kappa shape index (κ3) is 5.04. The second kappa shape index (κ2) is 8.47. The quantitative estimate of drug-likeness (QED) is 0.757. The first kappa shape index (κ1) is 19.4. The Bertz CT molecular complexity index is 696. The van der Waals surface area contributed by atoms with Gasteiger partial charge in [-0.1, -0.05) is 37.6 Å². The van der Waals surface area contributed by atoms with Crippen LogP contribution in [0.15, 0.2) is 41.0 Å². The summed E-state index contributed by atoms with van der Waals surface area (Å²) in [5, 5.41) is 2.60. The summed E-state index contributed by atoms with van der Waals surface area (Å²) in [5.74, 6) is -1.70. The molecule has 0 saturated heterocycles. The number of para-hydroxylation sites is 1. The topological polar surface area (TPSA) is 38.3 Å². The summed E-state index contributed by atoms with van der Waals surface area (Å²) in [6.45, 7) is 3.91. The first-order valence-corrected chi connectivity index (χ1v) is 8.97. The average molecular weight is 371 g/mol. The summed E-state index contributed by atoms with van der Waals surface area (Å²) in [6, 6.07) is 7.07. The lowest BCUT2D eigenvalue weighted by Gasteiger charge is -2.22. The lowest BCUT2D eigenvalue weighted by molar-refractivity contribution is -0.133. The van der Waals surface area contributed by atoms with Crippen molar-refractivity contribution >= 4 is 28.9 Å². The van der Waals surface area contributed by atoms with Gasteiger partial charge in [-0.2, -0.15) is 13.2 Å². The predicted octanol–water partition coefficient (Wildman–Crippen LogP) is 5.37. The highest BCUT2D eigenvalue weighted by molar-refractivity contribution is 8.04. The Hall–Kier alpha value is -1.89. The summed E-state index contributed by atoms with van der Waals surface area (Å²) in [5.41, 5.74) is 2.24. The van der Waals surface area contributed by atoms with Gasteiger partial charge in [-0.3, -0.25) is 4.79 Å². The molecule has 1 aliphatic heterocycles. The zero-order valence-electron chi connectivity index (χ0n) is 14.1. The maximum Gasteiger partial charge on any atom is 0.450 e. The molecule has 0 spiro atoms. The number of halogens is 3. The summed E-state index contributed by atoms with van der Waals surface area (Å²) in [7, 11) is 0. The Morgan fingerprint density at radius 2 is 2.08 bits per heavy atom. The van der Waals surface area contributed by atoms with Crippen LogP contribution in [0.25, 0.3) is 5.57 Å². The molecule has 0 aliphatic carbocycles. The molecule has 1 heterocycles. The molecule has 0 radical (unpaired) electrons. The molecule has 1 aliphatic rings. The largest absolute Gasteiger partial charge is 0.487 e. The SMILES string of the molecule is CCCC=C(C)c1ccccc1NC(=O)C1=C(C(F)(F)F)OCCS1. The van der Waals surface area contributed by atoms with E-state index in [2.05, 4.69) is 12.2 Å². The summed E-state index contributed by atoms with van der Waals surface area (Å²) in [4.78, 5) is 12.0. The van der Waals surface area contributed by atoms with E-state index in [-0.39, 0.29) is 6.61 Å². The Kier molecular flexibility index (Phi) is 6.58. The van der Waals surface area contributed by atoms with Crippen molar-refractivity contribution in [2.24, 2.45) is 0 Å². The molecule has 0 fully saturated rings. The molecule has 0 saturated carbocycles. The fourth-order valence-electron chi connectivity index (χ4n) is 2.38. The number of benzene rings is 1. The van der Waals surface area contributed by atoms with Crippen LogP contribution in [0.4, 0.5) is 18.9 Å². The number of hydrogen-bond donors (Lipinski definition) is 1. The van der Waals surface area contributed by atoms with Crippen LogP contribution in [0.5, 0.6) is 0 Å². The number of thioether (sulfide) groups is 1. The Morgan fingerprint density at radius 3 is 2.76 bits per heavy atom. The lowest BCUT2D eigenvalue weighted by Crippen LogP contribution is -2.26. The summed E-state index contributed by atoms with van der Waals surface area (Å²) < 4.78 is 43.9. The van der Waals surface area contributed by atoms with Gasteiger partial charge in [0, 0.05) is 17.0 Å². The molecule has 1 aromatic carbocycles. The van der Waals surface area contributed by atoms with Crippen molar-refractivity contribution in [2.45, 2.75) is 32.9 Å². The van der Waals surface area contributed by atoms with E-state index in [1.807, 2.05) is 25.1 Å². The van der Waals surface area contributed by atoms with E-state index in [1.165, 1.54) is 0 Å². The van der Waals surface area contributed by atoms with Gasteiger partial charge < -0.3 is 10.1 Å². The molecule has 0 aromatic heterocycles. The Morgan fingerprint density at radius 1 is 1.36 bits per heavy atom. The lowest BCUT2D eigenvalue weighted by atomic mass is 10.0. The second-order valence-electron chi connectivity index (χ2n) is 5.53. The molecule has 1 aromatic rings. The number of hydrogen-bond acceptors (Lipinski definition) is 3. The van der Waals surface area contributed by atoms with Gasteiger partial charge in [0.15, 0.2) is 0 Å². The van der Waals surface area contributed by atoms with E-state index in [0.717, 1.165) is 35.7 Å². The van der Waals surface area contributed by atoms with Crippen LogP contribution in [-0.2, 0) is 9.53 Å². The number of amides is 1.